The third-order valence-electron chi connectivity index (χ3n) is 4.43. The van der Waals surface area contributed by atoms with Crippen molar-refractivity contribution in [2.24, 2.45) is 5.92 Å². The summed E-state index contributed by atoms with van der Waals surface area (Å²) in [6.45, 7) is 1.20. The topological polar surface area (TPSA) is 21.3 Å². The quantitative estimate of drug-likeness (QED) is 0.859. The molecule has 1 aromatic rings. The summed E-state index contributed by atoms with van der Waals surface area (Å²) in [5.41, 5.74) is 1.47. The molecule has 98 valence electrons. The van der Waals surface area contributed by atoms with E-state index >= 15 is 0 Å². The predicted molar refractivity (Wildman–Crippen MR) is 74.1 cm³/mol. The van der Waals surface area contributed by atoms with Gasteiger partial charge in [0.2, 0.25) is 0 Å². The largest absolute Gasteiger partial charge is 0.497 e. The Labute approximate surface area is 110 Å². The predicted octanol–water partition coefficient (Wildman–Crippen LogP) is 3.33. The van der Waals surface area contributed by atoms with Gasteiger partial charge in [0.25, 0.3) is 0 Å². The second kappa shape index (κ2) is 5.31. The fourth-order valence-electron chi connectivity index (χ4n) is 3.20. The van der Waals surface area contributed by atoms with Crippen LogP contribution < -0.4 is 10.1 Å². The van der Waals surface area contributed by atoms with Crippen molar-refractivity contribution < 1.29 is 4.74 Å². The van der Waals surface area contributed by atoms with Gasteiger partial charge in [-0.1, -0.05) is 18.6 Å². The Bertz CT molecular complexity index is 400. The van der Waals surface area contributed by atoms with E-state index in [0.29, 0.717) is 0 Å². The van der Waals surface area contributed by atoms with Crippen molar-refractivity contribution in [2.75, 3.05) is 13.7 Å². The van der Waals surface area contributed by atoms with Gasteiger partial charge < -0.3 is 10.1 Å². The third-order valence-corrected chi connectivity index (χ3v) is 4.43. The lowest BCUT2D eigenvalue weighted by molar-refractivity contribution is 0.410. The molecule has 3 rings (SSSR count). The summed E-state index contributed by atoms with van der Waals surface area (Å²) in [5, 5.41) is 3.70. The summed E-state index contributed by atoms with van der Waals surface area (Å²) >= 11 is 0. The van der Waals surface area contributed by atoms with Crippen molar-refractivity contribution in [3.05, 3.63) is 29.8 Å². The van der Waals surface area contributed by atoms with E-state index in [0.717, 1.165) is 23.6 Å². The van der Waals surface area contributed by atoms with E-state index < -0.39 is 0 Å². The van der Waals surface area contributed by atoms with Crippen molar-refractivity contribution in [3.8, 4) is 5.75 Å². The van der Waals surface area contributed by atoms with Crippen LogP contribution in [0.5, 0.6) is 5.75 Å². The third kappa shape index (κ3) is 2.69. The van der Waals surface area contributed by atoms with E-state index in [1.54, 1.807) is 7.11 Å². The Morgan fingerprint density at radius 2 is 2.11 bits per heavy atom. The van der Waals surface area contributed by atoms with Crippen LogP contribution in [0.3, 0.4) is 0 Å². The van der Waals surface area contributed by atoms with E-state index in [9.17, 15) is 0 Å². The van der Waals surface area contributed by atoms with Crippen LogP contribution in [0.2, 0.25) is 0 Å². The highest BCUT2D eigenvalue weighted by molar-refractivity contribution is 5.31. The minimum atomic E-state index is 0.728. The standard InChI is InChI=1S/C16H23NO/c1-18-15-6-2-4-12(10-15)16-7-3-5-13(16)11-17-14-8-9-14/h2,4,6,10,13-14,16-17H,3,5,7-9,11H2,1H3. The molecule has 2 unspecified atom stereocenters. The van der Waals surface area contributed by atoms with E-state index in [4.69, 9.17) is 4.74 Å². The number of ether oxygens (including phenoxy) is 1. The first kappa shape index (κ1) is 12.0. The summed E-state index contributed by atoms with van der Waals surface area (Å²) in [6, 6.07) is 9.48. The highest BCUT2D eigenvalue weighted by Gasteiger charge is 2.30. The molecule has 0 amide bonds. The van der Waals surface area contributed by atoms with Gasteiger partial charge in [-0.15, -0.1) is 0 Å². The zero-order chi connectivity index (χ0) is 12.4. The molecule has 0 aromatic heterocycles. The first-order valence-electron chi connectivity index (χ1n) is 7.24. The van der Waals surface area contributed by atoms with Crippen LogP contribution in [-0.4, -0.2) is 19.7 Å². The molecule has 0 bridgehead atoms. The van der Waals surface area contributed by atoms with Crippen molar-refractivity contribution in [1.82, 2.24) is 5.32 Å². The Kier molecular flexibility index (Phi) is 3.55. The Hall–Kier alpha value is -1.02. The van der Waals surface area contributed by atoms with E-state index in [1.165, 1.54) is 44.2 Å². The number of benzene rings is 1. The second-order valence-corrected chi connectivity index (χ2v) is 5.76. The van der Waals surface area contributed by atoms with Crippen LogP contribution in [0.1, 0.15) is 43.6 Å². The molecule has 2 aliphatic carbocycles. The van der Waals surface area contributed by atoms with Crippen molar-refractivity contribution in [3.63, 3.8) is 0 Å². The van der Waals surface area contributed by atoms with Gasteiger partial charge in [0.05, 0.1) is 7.11 Å². The maximum atomic E-state index is 5.34. The Morgan fingerprint density at radius 3 is 2.89 bits per heavy atom. The lowest BCUT2D eigenvalue weighted by atomic mass is 9.88. The molecule has 2 heteroatoms. The van der Waals surface area contributed by atoms with Crippen LogP contribution in [0, 0.1) is 5.92 Å². The Balaban J connectivity index is 1.67. The van der Waals surface area contributed by atoms with Gasteiger partial charge in [-0.25, -0.2) is 0 Å². The SMILES string of the molecule is COc1cccc(C2CCCC2CNC2CC2)c1. The van der Waals surface area contributed by atoms with Crippen LogP contribution >= 0.6 is 0 Å². The lowest BCUT2D eigenvalue weighted by Crippen LogP contribution is -2.26. The number of methoxy groups -OCH3 is 1. The van der Waals surface area contributed by atoms with Crippen LogP contribution in [0.25, 0.3) is 0 Å². The minimum Gasteiger partial charge on any atom is -0.497 e. The van der Waals surface area contributed by atoms with E-state index in [-0.39, 0.29) is 0 Å². The van der Waals surface area contributed by atoms with Crippen molar-refractivity contribution in [1.29, 1.82) is 0 Å². The van der Waals surface area contributed by atoms with Gasteiger partial charge in [-0.3, -0.25) is 0 Å². The first-order chi connectivity index (χ1) is 8.86. The summed E-state index contributed by atoms with van der Waals surface area (Å²) in [5.74, 6) is 2.54. The molecule has 2 nitrogen and oxygen atoms in total. The molecule has 1 N–H and O–H groups in total. The summed E-state index contributed by atoms with van der Waals surface area (Å²) in [4.78, 5) is 0. The molecule has 1 aromatic carbocycles. The van der Waals surface area contributed by atoms with Crippen LogP contribution in [0.15, 0.2) is 24.3 Å². The maximum Gasteiger partial charge on any atom is 0.119 e. The number of nitrogens with one attached hydrogen (secondary N) is 1. The zero-order valence-electron chi connectivity index (χ0n) is 11.2. The average molecular weight is 245 g/mol. The number of hydrogen-bond acceptors (Lipinski definition) is 2. The molecule has 0 saturated heterocycles. The van der Waals surface area contributed by atoms with Gasteiger partial charge in [-0.2, -0.15) is 0 Å². The molecule has 2 fully saturated rings. The van der Waals surface area contributed by atoms with Crippen molar-refractivity contribution >= 4 is 0 Å². The van der Waals surface area contributed by atoms with Crippen molar-refractivity contribution in [2.45, 2.75) is 44.1 Å². The van der Waals surface area contributed by atoms with Gasteiger partial charge in [-0.05, 0) is 61.8 Å². The van der Waals surface area contributed by atoms with Gasteiger partial charge in [0.15, 0.2) is 0 Å². The van der Waals surface area contributed by atoms with Crippen LogP contribution in [0.4, 0.5) is 0 Å². The number of rotatable bonds is 5. The maximum absolute atomic E-state index is 5.34. The molecular weight excluding hydrogens is 222 g/mol. The fraction of sp³-hybridized carbons (Fsp3) is 0.625. The molecule has 18 heavy (non-hydrogen) atoms. The molecule has 0 spiro atoms. The molecule has 0 heterocycles. The molecule has 2 atom stereocenters. The fourth-order valence-corrected chi connectivity index (χ4v) is 3.20. The molecule has 2 saturated carbocycles. The molecular formula is C16H23NO. The zero-order valence-corrected chi connectivity index (χ0v) is 11.2. The normalized spacial score (nSPS) is 27.4. The summed E-state index contributed by atoms with van der Waals surface area (Å²) < 4.78 is 5.34. The summed E-state index contributed by atoms with van der Waals surface area (Å²) in [7, 11) is 1.75. The minimum absolute atomic E-state index is 0.728. The molecule has 0 aliphatic heterocycles. The summed E-state index contributed by atoms with van der Waals surface area (Å²) in [6.07, 6.45) is 6.86. The van der Waals surface area contributed by atoms with Crippen LogP contribution in [-0.2, 0) is 0 Å². The first-order valence-corrected chi connectivity index (χ1v) is 7.24. The van der Waals surface area contributed by atoms with E-state index in [2.05, 4.69) is 23.5 Å². The smallest absolute Gasteiger partial charge is 0.119 e. The second-order valence-electron chi connectivity index (χ2n) is 5.76. The number of hydrogen-bond donors (Lipinski definition) is 1. The van der Waals surface area contributed by atoms with E-state index in [1.807, 2.05) is 6.07 Å². The highest BCUT2D eigenvalue weighted by Crippen LogP contribution is 2.40. The molecule has 2 aliphatic rings. The van der Waals surface area contributed by atoms with Gasteiger partial charge in [0.1, 0.15) is 5.75 Å². The average Bonchev–Trinajstić information content (AvgIpc) is 3.13. The van der Waals surface area contributed by atoms with Gasteiger partial charge in [0, 0.05) is 6.04 Å². The van der Waals surface area contributed by atoms with Gasteiger partial charge >= 0.3 is 0 Å². The lowest BCUT2D eigenvalue weighted by Gasteiger charge is -2.21. The highest BCUT2D eigenvalue weighted by atomic mass is 16.5. The monoisotopic (exact) mass is 245 g/mol. The Morgan fingerprint density at radius 1 is 1.22 bits per heavy atom. The molecule has 0 radical (unpaired) electrons.